The van der Waals surface area contributed by atoms with E-state index >= 15 is 0 Å². The predicted octanol–water partition coefficient (Wildman–Crippen LogP) is -0.406. The second-order valence-electron chi connectivity index (χ2n) is 3.55. The van der Waals surface area contributed by atoms with Crippen LogP contribution >= 0.6 is 0 Å². The summed E-state index contributed by atoms with van der Waals surface area (Å²) in [5, 5.41) is 9.34. The van der Waals surface area contributed by atoms with Gasteiger partial charge in [-0.3, -0.25) is 0 Å². The summed E-state index contributed by atoms with van der Waals surface area (Å²) in [6, 6.07) is 2.53. The van der Waals surface area contributed by atoms with Gasteiger partial charge in [0.2, 0.25) is 0 Å². The largest absolute Gasteiger partial charge is 0.353 e. The molecule has 0 aromatic carbocycles. The van der Waals surface area contributed by atoms with Gasteiger partial charge in [0.15, 0.2) is 0 Å². The van der Waals surface area contributed by atoms with Crippen molar-refractivity contribution in [1.29, 1.82) is 0 Å². The molecule has 0 saturated carbocycles. The highest BCUT2D eigenvalue weighted by molar-refractivity contribution is 6.55. The monoisotopic (exact) mass is 187 g/mol. The van der Waals surface area contributed by atoms with Crippen molar-refractivity contribution in [1.82, 2.24) is 10.2 Å². The molecule has 1 unspecified atom stereocenters. The van der Waals surface area contributed by atoms with Crippen LogP contribution in [0, 0.1) is 0 Å². The Balaban J connectivity index is 2.05. The number of nitrogens with two attached hydrogens (primary N) is 1. The Morgan fingerprint density at radius 1 is 1.42 bits per heavy atom. The van der Waals surface area contributed by atoms with Gasteiger partial charge in [-0.15, -0.1) is 0 Å². The molecular formula is C8H21N3Si. The van der Waals surface area contributed by atoms with Crippen molar-refractivity contribution in [2.45, 2.75) is 19.0 Å². The van der Waals surface area contributed by atoms with E-state index in [4.69, 9.17) is 5.40 Å². The summed E-state index contributed by atoms with van der Waals surface area (Å²) in [5.74, 6) is 0. The first kappa shape index (κ1) is 10.2. The van der Waals surface area contributed by atoms with Gasteiger partial charge >= 0.3 is 0 Å². The van der Waals surface area contributed by atoms with E-state index < -0.39 is 8.96 Å². The minimum atomic E-state index is -0.814. The molecule has 1 aliphatic heterocycles. The highest BCUT2D eigenvalue weighted by Gasteiger charge is 2.10. The average Bonchev–Trinajstić information content (AvgIpc) is 2.16. The molecule has 12 heavy (non-hydrogen) atoms. The normalized spacial score (nSPS) is 22.5. The molecule has 0 radical (unpaired) electrons. The van der Waals surface area contributed by atoms with Gasteiger partial charge in [0.1, 0.15) is 8.96 Å². The summed E-state index contributed by atoms with van der Waals surface area (Å²) in [6.07, 6.45) is 0. The Labute approximate surface area is 77.0 Å². The third kappa shape index (κ3) is 3.67. The SMILES string of the molecule is CC[SiH](N)CCN1CCNCC1. The Hall–Kier alpha value is 0.0969. The van der Waals surface area contributed by atoms with Crippen LogP contribution in [0.3, 0.4) is 0 Å². The van der Waals surface area contributed by atoms with E-state index in [0.29, 0.717) is 0 Å². The van der Waals surface area contributed by atoms with E-state index in [1.165, 1.54) is 31.7 Å². The van der Waals surface area contributed by atoms with Crippen LogP contribution in [-0.4, -0.2) is 46.6 Å². The fourth-order valence-corrected chi connectivity index (χ4v) is 2.59. The van der Waals surface area contributed by atoms with E-state index in [-0.39, 0.29) is 0 Å². The molecule has 0 amide bonds. The minimum Gasteiger partial charge on any atom is -0.353 e. The smallest absolute Gasteiger partial charge is 0.107 e. The number of hydrogen-bond donors (Lipinski definition) is 2. The molecule has 1 saturated heterocycles. The molecular weight excluding hydrogens is 166 g/mol. The fraction of sp³-hybridized carbons (Fsp3) is 1.00. The molecule has 1 atom stereocenters. The van der Waals surface area contributed by atoms with Gasteiger partial charge < -0.3 is 15.6 Å². The number of rotatable bonds is 4. The Kier molecular flexibility index (Phi) is 4.83. The number of nitrogens with one attached hydrogen (secondary N) is 1. The summed E-state index contributed by atoms with van der Waals surface area (Å²) < 4.78 is 0. The predicted molar refractivity (Wildman–Crippen MR) is 55.9 cm³/mol. The van der Waals surface area contributed by atoms with Crippen molar-refractivity contribution < 1.29 is 0 Å². The van der Waals surface area contributed by atoms with Crippen LogP contribution in [0.1, 0.15) is 6.92 Å². The number of hydrogen-bond acceptors (Lipinski definition) is 3. The maximum absolute atomic E-state index is 5.99. The van der Waals surface area contributed by atoms with E-state index in [1.54, 1.807) is 0 Å². The molecule has 1 aliphatic rings. The topological polar surface area (TPSA) is 41.3 Å². The lowest BCUT2D eigenvalue weighted by molar-refractivity contribution is 0.252. The van der Waals surface area contributed by atoms with Gasteiger partial charge in [-0.1, -0.05) is 13.0 Å². The molecule has 3 N–H and O–H groups in total. The lowest BCUT2D eigenvalue weighted by Gasteiger charge is -2.27. The second-order valence-corrected chi connectivity index (χ2v) is 6.46. The summed E-state index contributed by atoms with van der Waals surface area (Å²) in [6.45, 7) is 8.19. The summed E-state index contributed by atoms with van der Waals surface area (Å²) >= 11 is 0. The van der Waals surface area contributed by atoms with E-state index in [2.05, 4.69) is 17.1 Å². The van der Waals surface area contributed by atoms with Gasteiger partial charge in [-0.2, -0.15) is 0 Å². The molecule has 0 aromatic heterocycles. The Morgan fingerprint density at radius 2 is 2.08 bits per heavy atom. The van der Waals surface area contributed by atoms with Crippen molar-refractivity contribution in [3.8, 4) is 0 Å². The van der Waals surface area contributed by atoms with Crippen LogP contribution in [0.15, 0.2) is 0 Å². The summed E-state index contributed by atoms with van der Waals surface area (Å²) in [5.41, 5.74) is 0. The van der Waals surface area contributed by atoms with E-state index in [9.17, 15) is 0 Å². The first-order chi connectivity index (χ1) is 5.83. The second kappa shape index (κ2) is 5.69. The first-order valence-electron chi connectivity index (χ1n) is 5.01. The first-order valence-corrected chi connectivity index (χ1v) is 7.31. The minimum absolute atomic E-state index is 0.814. The van der Waals surface area contributed by atoms with E-state index in [1.807, 2.05) is 0 Å². The Morgan fingerprint density at radius 3 is 2.67 bits per heavy atom. The molecule has 1 fully saturated rings. The molecule has 0 aromatic rings. The van der Waals surface area contributed by atoms with Gasteiger partial charge in [0.25, 0.3) is 0 Å². The molecule has 0 spiro atoms. The van der Waals surface area contributed by atoms with Crippen molar-refractivity contribution in [2.75, 3.05) is 32.7 Å². The standard InChI is InChI=1S/C8H21N3Si/c1-2-12(9)8-7-11-5-3-10-4-6-11/h10,12H,2-9H2,1H3. The highest BCUT2D eigenvalue weighted by atomic mass is 28.3. The van der Waals surface area contributed by atoms with Gasteiger partial charge in [0.05, 0.1) is 0 Å². The zero-order chi connectivity index (χ0) is 8.81. The van der Waals surface area contributed by atoms with E-state index in [0.717, 1.165) is 13.1 Å². The van der Waals surface area contributed by atoms with Crippen molar-refractivity contribution in [2.24, 2.45) is 5.40 Å². The lowest BCUT2D eigenvalue weighted by Crippen LogP contribution is -2.45. The molecule has 4 heteroatoms. The molecule has 3 nitrogen and oxygen atoms in total. The van der Waals surface area contributed by atoms with Gasteiger partial charge in [0, 0.05) is 26.2 Å². The lowest BCUT2D eigenvalue weighted by atomic mass is 10.4. The van der Waals surface area contributed by atoms with Crippen molar-refractivity contribution >= 4 is 8.96 Å². The zero-order valence-electron chi connectivity index (χ0n) is 8.05. The average molecular weight is 187 g/mol. The maximum atomic E-state index is 5.99. The third-order valence-electron chi connectivity index (χ3n) is 2.55. The van der Waals surface area contributed by atoms with Crippen LogP contribution < -0.4 is 10.7 Å². The quantitative estimate of drug-likeness (QED) is 0.588. The molecule has 72 valence electrons. The fourth-order valence-electron chi connectivity index (χ4n) is 1.49. The van der Waals surface area contributed by atoms with Crippen LogP contribution in [0.2, 0.25) is 12.1 Å². The molecule has 0 bridgehead atoms. The number of piperazine rings is 1. The van der Waals surface area contributed by atoms with Crippen molar-refractivity contribution in [3.63, 3.8) is 0 Å². The van der Waals surface area contributed by atoms with Crippen LogP contribution in [0.25, 0.3) is 0 Å². The maximum Gasteiger partial charge on any atom is 0.107 e. The molecule has 1 heterocycles. The third-order valence-corrected chi connectivity index (χ3v) is 4.60. The molecule has 0 aliphatic carbocycles. The summed E-state index contributed by atoms with van der Waals surface area (Å²) in [7, 11) is -0.814. The van der Waals surface area contributed by atoms with Crippen LogP contribution in [0.5, 0.6) is 0 Å². The van der Waals surface area contributed by atoms with Gasteiger partial charge in [-0.05, 0) is 12.6 Å². The van der Waals surface area contributed by atoms with Crippen LogP contribution in [-0.2, 0) is 0 Å². The van der Waals surface area contributed by atoms with Crippen LogP contribution in [0.4, 0.5) is 0 Å². The van der Waals surface area contributed by atoms with Gasteiger partial charge in [-0.25, -0.2) is 0 Å². The number of nitrogens with zero attached hydrogens (tertiary/aromatic N) is 1. The molecule has 1 rings (SSSR count). The Bertz CT molecular complexity index is 115. The highest BCUT2D eigenvalue weighted by Crippen LogP contribution is 1.98. The van der Waals surface area contributed by atoms with Crippen molar-refractivity contribution in [3.05, 3.63) is 0 Å². The summed E-state index contributed by atoms with van der Waals surface area (Å²) in [4.78, 5) is 2.53. The zero-order valence-corrected chi connectivity index (χ0v) is 9.21.